The van der Waals surface area contributed by atoms with E-state index in [1.807, 2.05) is 0 Å². The Kier molecular flexibility index (Phi) is 8.08. The van der Waals surface area contributed by atoms with Crippen LogP contribution in [0, 0.1) is 0 Å². The number of hydrogen-bond donors (Lipinski definition) is 2. The molecule has 0 spiro atoms. The average Bonchev–Trinajstić information content (AvgIpc) is 3.59. The Labute approximate surface area is 211 Å². The molecule has 2 amide bonds. The van der Waals surface area contributed by atoms with Crippen molar-refractivity contribution in [2.75, 3.05) is 36.8 Å². The van der Waals surface area contributed by atoms with Crippen molar-refractivity contribution in [3.8, 4) is 0 Å². The Bertz CT molecular complexity index is 1190. The lowest BCUT2D eigenvalue weighted by Gasteiger charge is -2.16. The predicted molar refractivity (Wildman–Crippen MR) is 135 cm³/mol. The summed E-state index contributed by atoms with van der Waals surface area (Å²) in [6.45, 7) is 2.07. The summed E-state index contributed by atoms with van der Waals surface area (Å²) in [6, 6.07) is 12.0. The van der Waals surface area contributed by atoms with Gasteiger partial charge < -0.3 is 10.6 Å². The zero-order chi connectivity index (χ0) is 25.8. The first kappa shape index (κ1) is 26.3. The molecule has 0 unspecified atom stereocenters. The van der Waals surface area contributed by atoms with Crippen LogP contribution in [0.1, 0.15) is 38.5 Å². The number of carbonyl (C=O) groups excluding carboxylic acids is 2. The number of amides is 2. The molecular weight excluding hydrogens is 504 g/mol. The molecular formula is C24H30N4O6S2. The number of hydrogen-bond acceptors (Lipinski definition) is 6. The van der Waals surface area contributed by atoms with E-state index in [9.17, 15) is 26.4 Å². The fraction of sp³-hybridized carbons (Fsp3) is 0.417. The standard InChI is InChI=1S/C24H30N4O6S2/c29-23(25-19-5-9-21(10-6-19)35(31,32)27-15-1-2-16-27)13-14-24(30)26-20-7-11-22(12-8-20)36(33,34)28-17-3-4-18-28/h5-12H,1-4,13-18H2,(H,25,29)(H,26,30). The third kappa shape index (κ3) is 6.12. The van der Waals surface area contributed by atoms with Gasteiger partial charge in [-0.05, 0) is 74.2 Å². The van der Waals surface area contributed by atoms with Crippen molar-refractivity contribution in [3.63, 3.8) is 0 Å². The highest BCUT2D eigenvalue weighted by atomic mass is 32.2. The molecule has 0 saturated carbocycles. The molecule has 10 nitrogen and oxygen atoms in total. The molecule has 0 bridgehead atoms. The van der Waals surface area contributed by atoms with Gasteiger partial charge in [-0.2, -0.15) is 8.61 Å². The zero-order valence-electron chi connectivity index (χ0n) is 19.9. The molecule has 194 valence electrons. The number of carbonyl (C=O) groups is 2. The van der Waals surface area contributed by atoms with Gasteiger partial charge in [-0.15, -0.1) is 0 Å². The summed E-state index contributed by atoms with van der Waals surface area (Å²) < 4.78 is 53.3. The Morgan fingerprint density at radius 1 is 0.583 bits per heavy atom. The van der Waals surface area contributed by atoms with E-state index in [1.54, 1.807) is 0 Å². The van der Waals surface area contributed by atoms with Crippen LogP contribution < -0.4 is 10.6 Å². The number of nitrogens with one attached hydrogen (secondary N) is 2. The summed E-state index contributed by atoms with van der Waals surface area (Å²) in [5, 5.41) is 5.32. The number of benzene rings is 2. The summed E-state index contributed by atoms with van der Waals surface area (Å²) >= 11 is 0. The third-order valence-corrected chi connectivity index (χ3v) is 10.1. The molecule has 0 aliphatic carbocycles. The Morgan fingerprint density at radius 2 is 0.889 bits per heavy atom. The molecule has 36 heavy (non-hydrogen) atoms. The van der Waals surface area contributed by atoms with Crippen molar-refractivity contribution in [2.45, 2.75) is 48.3 Å². The molecule has 2 saturated heterocycles. The summed E-state index contributed by atoms with van der Waals surface area (Å²) in [4.78, 5) is 24.9. The predicted octanol–water partition coefficient (Wildman–Crippen LogP) is 2.61. The minimum absolute atomic E-state index is 0.0684. The topological polar surface area (TPSA) is 133 Å². The highest BCUT2D eigenvalue weighted by molar-refractivity contribution is 7.89. The van der Waals surface area contributed by atoms with Crippen LogP contribution in [0.4, 0.5) is 11.4 Å². The first-order chi connectivity index (χ1) is 17.2. The molecule has 2 aromatic rings. The van der Waals surface area contributed by atoms with Gasteiger partial charge in [0.1, 0.15) is 0 Å². The lowest BCUT2D eigenvalue weighted by molar-refractivity contribution is -0.121. The number of rotatable bonds is 9. The van der Waals surface area contributed by atoms with Gasteiger partial charge in [-0.25, -0.2) is 16.8 Å². The Morgan fingerprint density at radius 3 is 1.19 bits per heavy atom. The van der Waals surface area contributed by atoms with Gasteiger partial charge in [0, 0.05) is 50.4 Å². The summed E-state index contributed by atoms with van der Waals surface area (Å²) in [5.41, 5.74) is 0.881. The van der Waals surface area contributed by atoms with Gasteiger partial charge >= 0.3 is 0 Å². The maximum atomic E-state index is 12.6. The van der Waals surface area contributed by atoms with Crippen LogP contribution in [-0.2, 0) is 29.6 Å². The van der Waals surface area contributed by atoms with Crippen LogP contribution in [0.3, 0.4) is 0 Å². The number of sulfonamides is 2. The highest BCUT2D eigenvalue weighted by Crippen LogP contribution is 2.23. The average molecular weight is 535 g/mol. The maximum Gasteiger partial charge on any atom is 0.243 e. The van der Waals surface area contributed by atoms with Crippen LogP contribution in [0.5, 0.6) is 0 Å². The molecule has 0 atom stereocenters. The molecule has 12 heteroatoms. The van der Waals surface area contributed by atoms with Crippen LogP contribution in [0.2, 0.25) is 0 Å². The number of anilines is 2. The first-order valence-corrected chi connectivity index (χ1v) is 14.8. The fourth-order valence-electron chi connectivity index (χ4n) is 4.25. The van der Waals surface area contributed by atoms with Crippen LogP contribution in [0.15, 0.2) is 58.3 Å². The van der Waals surface area contributed by atoms with E-state index in [0.29, 0.717) is 37.6 Å². The molecule has 2 aliphatic rings. The molecule has 2 fully saturated rings. The van der Waals surface area contributed by atoms with Crippen molar-refractivity contribution < 1.29 is 26.4 Å². The molecule has 2 aliphatic heterocycles. The van der Waals surface area contributed by atoms with Gasteiger partial charge in [0.05, 0.1) is 9.79 Å². The van der Waals surface area contributed by atoms with Gasteiger partial charge in [0.2, 0.25) is 31.9 Å². The van der Waals surface area contributed by atoms with Crippen LogP contribution in [-0.4, -0.2) is 63.4 Å². The minimum atomic E-state index is -3.52. The van der Waals surface area contributed by atoms with E-state index in [2.05, 4.69) is 10.6 Å². The van der Waals surface area contributed by atoms with Gasteiger partial charge in [0.15, 0.2) is 0 Å². The highest BCUT2D eigenvalue weighted by Gasteiger charge is 2.28. The Hall–Kier alpha value is -2.80. The van der Waals surface area contributed by atoms with Crippen LogP contribution in [0.25, 0.3) is 0 Å². The summed E-state index contributed by atoms with van der Waals surface area (Å²) in [6.07, 6.45) is 3.28. The summed E-state index contributed by atoms with van der Waals surface area (Å²) in [7, 11) is -7.04. The quantitative estimate of drug-likeness (QED) is 0.508. The van der Waals surface area contributed by atoms with Crippen molar-refractivity contribution in [2.24, 2.45) is 0 Å². The lowest BCUT2D eigenvalue weighted by atomic mass is 10.2. The van der Waals surface area contributed by atoms with Crippen molar-refractivity contribution in [3.05, 3.63) is 48.5 Å². The van der Waals surface area contributed by atoms with Gasteiger partial charge in [-0.3, -0.25) is 9.59 Å². The van der Waals surface area contributed by atoms with Gasteiger partial charge in [-0.1, -0.05) is 0 Å². The SMILES string of the molecule is O=C(CCC(=O)Nc1ccc(S(=O)(=O)N2CCCC2)cc1)Nc1ccc(S(=O)(=O)N2CCCC2)cc1. The van der Waals surface area contributed by atoms with Gasteiger partial charge in [0.25, 0.3) is 0 Å². The second kappa shape index (κ2) is 11.1. The van der Waals surface area contributed by atoms with Crippen molar-refractivity contribution >= 4 is 43.2 Å². The Balaban J connectivity index is 1.25. The zero-order valence-corrected chi connectivity index (χ0v) is 21.5. The van der Waals surface area contributed by atoms with E-state index in [0.717, 1.165) is 25.7 Å². The van der Waals surface area contributed by atoms with Crippen LogP contribution >= 0.6 is 0 Å². The lowest BCUT2D eigenvalue weighted by Crippen LogP contribution is -2.27. The molecule has 0 aromatic heterocycles. The first-order valence-electron chi connectivity index (χ1n) is 12.0. The molecule has 4 rings (SSSR count). The molecule has 2 heterocycles. The third-order valence-electron chi connectivity index (χ3n) is 6.26. The molecule has 0 radical (unpaired) electrons. The summed E-state index contributed by atoms with van der Waals surface area (Å²) in [5.74, 6) is -0.764. The maximum absolute atomic E-state index is 12.6. The van der Waals surface area contributed by atoms with E-state index >= 15 is 0 Å². The second-order valence-corrected chi connectivity index (χ2v) is 12.7. The monoisotopic (exact) mass is 534 g/mol. The van der Waals surface area contributed by atoms with E-state index in [-0.39, 0.29) is 34.4 Å². The van der Waals surface area contributed by atoms with E-state index in [4.69, 9.17) is 0 Å². The normalized spacial score (nSPS) is 17.2. The fourth-order valence-corrected chi connectivity index (χ4v) is 7.28. The van der Waals surface area contributed by atoms with Crippen molar-refractivity contribution in [1.82, 2.24) is 8.61 Å². The minimum Gasteiger partial charge on any atom is -0.326 e. The second-order valence-electron chi connectivity index (χ2n) is 8.87. The van der Waals surface area contributed by atoms with Crippen molar-refractivity contribution in [1.29, 1.82) is 0 Å². The van der Waals surface area contributed by atoms with E-state index < -0.39 is 20.0 Å². The number of nitrogens with zero attached hydrogens (tertiary/aromatic N) is 2. The molecule has 2 aromatic carbocycles. The largest absolute Gasteiger partial charge is 0.326 e. The molecule has 2 N–H and O–H groups in total. The smallest absolute Gasteiger partial charge is 0.243 e. The van der Waals surface area contributed by atoms with E-state index in [1.165, 1.54) is 57.1 Å².